The number of hydrogen-bond acceptors (Lipinski definition) is 4. The Morgan fingerprint density at radius 1 is 1.05 bits per heavy atom. The van der Waals surface area contributed by atoms with Crippen LogP contribution in [0.25, 0.3) is 0 Å². The monoisotopic (exact) mass is 300 g/mol. The molecule has 0 saturated heterocycles. The average molecular weight is 300 g/mol. The lowest BCUT2D eigenvalue weighted by Crippen LogP contribution is -2.37. The Labute approximate surface area is 130 Å². The fraction of sp³-hybridized carbons (Fsp3) is 0.294. The van der Waals surface area contributed by atoms with E-state index < -0.39 is 6.10 Å². The van der Waals surface area contributed by atoms with Crippen LogP contribution >= 0.6 is 0 Å². The van der Waals surface area contributed by atoms with Gasteiger partial charge in [-0.25, -0.2) is 0 Å². The molecule has 0 fully saturated rings. The van der Waals surface area contributed by atoms with Crippen LogP contribution in [0.3, 0.4) is 0 Å². The maximum Gasteiger partial charge on any atom is 0.261 e. The molecule has 2 rings (SSSR count). The summed E-state index contributed by atoms with van der Waals surface area (Å²) in [6.07, 6.45) is 2.82. The summed E-state index contributed by atoms with van der Waals surface area (Å²) < 4.78 is 10.7. The van der Waals surface area contributed by atoms with E-state index in [2.05, 4.69) is 10.3 Å². The van der Waals surface area contributed by atoms with Crippen LogP contribution in [-0.2, 0) is 4.79 Å². The van der Waals surface area contributed by atoms with Crippen molar-refractivity contribution in [3.8, 4) is 11.5 Å². The molecule has 1 heterocycles. The van der Waals surface area contributed by atoms with E-state index >= 15 is 0 Å². The normalized spacial score (nSPS) is 13.0. The molecule has 0 bridgehead atoms. The van der Waals surface area contributed by atoms with Crippen LogP contribution in [0, 0.1) is 0 Å². The van der Waals surface area contributed by atoms with E-state index in [-0.39, 0.29) is 11.9 Å². The lowest BCUT2D eigenvalue weighted by atomic mass is 10.1. The van der Waals surface area contributed by atoms with E-state index in [1.54, 1.807) is 50.7 Å². The Balaban J connectivity index is 1.91. The number of benzene rings is 1. The zero-order valence-corrected chi connectivity index (χ0v) is 12.9. The summed E-state index contributed by atoms with van der Waals surface area (Å²) in [5.41, 5.74) is 1.000. The number of pyridine rings is 1. The third-order valence-electron chi connectivity index (χ3n) is 3.31. The summed E-state index contributed by atoms with van der Waals surface area (Å²) in [5, 5.41) is 2.92. The van der Waals surface area contributed by atoms with Crippen molar-refractivity contribution in [1.29, 1.82) is 0 Å². The van der Waals surface area contributed by atoms with Gasteiger partial charge in [-0.05, 0) is 55.8 Å². The largest absolute Gasteiger partial charge is 0.497 e. The molecule has 1 aromatic heterocycles. The second-order valence-corrected chi connectivity index (χ2v) is 4.95. The van der Waals surface area contributed by atoms with Crippen LogP contribution in [0.15, 0.2) is 48.8 Å². The van der Waals surface area contributed by atoms with Gasteiger partial charge in [-0.2, -0.15) is 0 Å². The number of aromatic nitrogens is 1. The van der Waals surface area contributed by atoms with Gasteiger partial charge in [0.2, 0.25) is 0 Å². The van der Waals surface area contributed by atoms with Crippen LogP contribution in [0.1, 0.15) is 25.5 Å². The first-order valence-corrected chi connectivity index (χ1v) is 7.11. The zero-order valence-electron chi connectivity index (χ0n) is 12.9. The van der Waals surface area contributed by atoms with Crippen LogP contribution < -0.4 is 14.8 Å². The Morgan fingerprint density at radius 2 is 1.64 bits per heavy atom. The molecule has 2 atom stereocenters. The molecular formula is C17H20N2O3. The van der Waals surface area contributed by atoms with Crippen molar-refractivity contribution in [2.75, 3.05) is 7.11 Å². The van der Waals surface area contributed by atoms with Crippen molar-refractivity contribution >= 4 is 5.91 Å². The lowest BCUT2D eigenvalue weighted by Gasteiger charge is -2.19. The van der Waals surface area contributed by atoms with Crippen molar-refractivity contribution in [2.24, 2.45) is 0 Å². The van der Waals surface area contributed by atoms with E-state index in [1.165, 1.54) is 0 Å². The van der Waals surface area contributed by atoms with Crippen molar-refractivity contribution in [3.63, 3.8) is 0 Å². The highest BCUT2D eigenvalue weighted by molar-refractivity contribution is 5.81. The maximum absolute atomic E-state index is 12.2. The van der Waals surface area contributed by atoms with Gasteiger partial charge in [0.05, 0.1) is 13.2 Å². The number of carbonyl (C=O) groups excluding carboxylic acids is 1. The minimum absolute atomic E-state index is 0.0996. The number of nitrogens with one attached hydrogen (secondary N) is 1. The molecule has 0 aliphatic carbocycles. The Kier molecular flexibility index (Phi) is 5.36. The lowest BCUT2D eigenvalue weighted by molar-refractivity contribution is -0.127. The quantitative estimate of drug-likeness (QED) is 0.891. The minimum Gasteiger partial charge on any atom is -0.497 e. The SMILES string of the molecule is COc1ccc(OC(C)C(=O)NC(C)c2ccncc2)cc1. The number of methoxy groups -OCH3 is 1. The molecule has 5 nitrogen and oxygen atoms in total. The Morgan fingerprint density at radius 3 is 2.23 bits per heavy atom. The predicted molar refractivity (Wildman–Crippen MR) is 83.9 cm³/mol. The van der Waals surface area contributed by atoms with Gasteiger partial charge in [0.25, 0.3) is 5.91 Å². The van der Waals surface area contributed by atoms with E-state index in [9.17, 15) is 4.79 Å². The van der Waals surface area contributed by atoms with Gasteiger partial charge in [-0.3, -0.25) is 9.78 Å². The van der Waals surface area contributed by atoms with E-state index in [0.717, 1.165) is 11.3 Å². The standard InChI is InChI=1S/C17H20N2O3/c1-12(14-8-10-18-11-9-14)19-17(20)13(2)22-16-6-4-15(21-3)5-7-16/h4-13H,1-3H3,(H,19,20). The third kappa shape index (κ3) is 4.22. The molecule has 5 heteroatoms. The number of rotatable bonds is 6. The van der Waals surface area contributed by atoms with Crippen molar-refractivity contribution in [2.45, 2.75) is 26.0 Å². The summed E-state index contributed by atoms with van der Waals surface area (Å²) >= 11 is 0. The molecular weight excluding hydrogens is 280 g/mol. The highest BCUT2D eigenvalue weighted by Crippen LogP contribution is 2.18. The summed E-state index contributed by atoms with van der Waals surface area (Å²) in [4.78, 5) is 16.1. The number of nitrogens with zero attached hydrogens (tertiary/aromatic N) is 1. The summed E-state index contributed by atoms with van der Waals surface area (Å²) in [6.45, 7) is 3.65. The topological polar surface area (TPSA) is 60.5 Å². The third-order valence-corrected chi connectivity index (χ3v) is 3.31. The number of amides is 1. The van der Waals surface area contributed by atoms with Gasteiger partial charge in [0.1, 0.15) is 11.5 Å². The van der Waals surface area contributed by atoms with Crippen molar-refractivity contribution < 1.29 is 14.3 Å². The molecule has 2 unspecified atom stereocenters. The van der Waals surface area contributed by atoms with Gasteiger partial charge in [-0.15, -0.1) is 0 Å². The highest BCUT2D eigenvalue weighted by atomic mass is 16.5. The Hall–Kier alpha value is -2.56. The molecule has 116 valence electrons. The van der Waals surface area contributed by atoms with Gasteiger partial charge < -0.3 is 14.8 Å². The zero-order chi connectivity index (χ0) is 15.9. The second-order valence-electron chi connectivity index (χ2n) is 4.95. The average Bonchev–Trinajstić information content (AvgIpc) is 2.56. The summed E-state index contributed by atoms with van der Waals surface area (Å²) in [5.74, 6) is 1.20. The van der Waals surface area contributed by atoms with Crippen molar-refractivity contribution in [1.82, 2.24) is 10.3 Å². The fourth-order valence-electron chi connectivity index (χ4n) is 1.98. The number of hydrogen-bond donors (Lipinski definition) is 1. The molecule has 22 heavy (non-hydrogen) atoms. The molecule has 2 aromatic rings. The molecule has 0 aliphatic rings. The van der Waals surface area contributed by atoms with Gasteiger partial charge in [0, 0.05) is 12.4 Å². The van der Waals surface area contributed by atoms with Gasteiger partial charge in [-0.1, -0.05) is 0 Å². The molecule has 0 saturated carbocycles. The smallest absolute Gasteiger partial charge is 0.261 e. The highest BCUT2D eigenvalue weighted by Gasteiger charge is 2.17. The first-order chi connectivity index (χ1) is 10.6. The van der Waals surface area contributed by atoms with Gasteiger partial charge >= 0.3 is 0 Å². The molecule has 1 N–H and O–H groups in total. The molecule has 0 radical (unpaired) electrons. The van der Waals surface area contributed by atoms with Gasteiger partial charge in [0.15, 0.2) is 6.10 Å². The fourth-order valence-corrected chi connectivity index (χ4v) is 1.98. The van der Waals surface area contributed by atoms with E-state index in [0.29, 0.717) is 5.75 Å². The predicted octanol–water partition coefficient (Wildman–Crippen LogP) is 2.73. The van der Waals surface area contributed by atoms with E-state index in [4.69, 9.17) is 9.47 Å². The molecule has 0 aliphatic heterocycles. The first kappa shape index (κ1) is 15.8. The van der Waals surface area contributed by atoms with Crippen LogP contribution in [-0.4, -0.2) is 24.1 Å². The van der Waals surface area contributed by atoms with Crippen LogP contribution in [0.2, 0.25) is 0 Å². The molecule has 1 aromatic carbocycles. The maximum atomic E-state index is 12.2. The number of carbonyl (C=O) groups is 1. The molecule has 1 amide bonds. The number of ether oxygens (including phenoxy) is 2. The van der Waals surface area contributed by atoms with E-state index in [1.807, 2.05) is 19.1 Å². The second kappa shape index (κ2) is 7.45. The van der Waals surface area contributed by atoms with Crippen LogP contribution in [0.5, 0.6) is 11.5 Å². The summed E-state index contributed by atoms with van der Waals surface area (Å²) in [6, 6.07) is 10.8. The van der Waals surface area contributed by atoms with Crippen molar-refractivity contribution in [3.05, 3.63) is 54.4 Å². The molecule has 0 spiro atoms. The Bertz CT molecular complexity index is 599. The minimum atomic E-state index is -0.585. The summed E-state index contributed by atoms with van der Waals surface area (Å²) in [7, 11) is 1.60. The first-order valence-electron chi connectivity index (χ1n) is 7.11. The van der Waals surface area contributed by atoms with Crippen LogP contribution in [0.4, 0.5) is 0 Å².